The maximum absolute atomic E-state index is 14.1. The van der Waals surface area contributed by atoms with E-state index in [1.807, 2.05) is 58.9 Å². The lowest BCUT2D eigenvalue weighted by atomic mass is 9.95. The van der Waals surface area contributed by atoms with Gasteiger partial charge in [-0.3, -0.25) is 9.59 Å². The quantitative estimate of drug-likeness (QED) is 0.328. The molecule has 7 nitrogen and oxygen atoms in total. The second-order valence-electron chi connectivity index (χ2n) is 11.2. The standard InChI is InChI=1S/C29H49N3O4/c1-10-11-12-13-16-19-32(27(34)24(20(2)3)31-28(35)36-29(7,8)9)25(26(33)30-21(4)5)23-18-15-14-17-22(23)6/h14-15,17-18,20-21,24-25H,10-13,16,19H2,1-9H3,(H,30,33)(H,31,35). The van der Waals surface area contributed by atoms with Crippen LogP contribution in [-0.4, -0.2) is 47.0 Å². The third-order valence-corrected chi connectivity index (χ3v) is 5.86. The first kappa shape index (κ1) is 31.5. The number of ether oxygens (including phenoxy) is 1. The molecule has 36 heavy (non-hydrogen) atoms. The first-order valence-electron chi connectivity index (χ1n) is 13.4. The average molecular weight is 504 g/mol. The molecule has 2 N–H and O–H groups in total. The summed E-state index contributed by atoms with van der Waals surface area (Å²) < 4.78 is 5.44. The zero-order valence-corrected chi connectivity index (χ0v) is 23.9. The molecule has 1 aromatic rings. The molecular formula is C29H49N3O4. The van der Waals surface area contributed by atoms with Crippen LogP contribution in [0.1, 0.15) is 105 Å². The molecule has 0 heterocycles. The third kappa shape index (κ3) is 10.6. The van der Waals surface area contributed by atoms with Crippen LogP contribution in [0.4, 0.5) is 4.79 Å². The van der Waals surface area contributed by atoms with Crippen LogP contribution in [0.3, 0.4) is 0 Å². The molecule has 0 aromatic heterocycles. The number of hydrogen-bond donors (Lipinski definition) is 2. The third-order valence-electron chi connectivity index (χ3n) is 5.86. The van der Waals surface area contributed by atoms with E-state index in [4.69, 9.17) is 4.74 Å². The average Bonchev–Trinajstić information content (AvgIpc) is 2.75. The number of nitrogens with one attached hydrogen (secondary N) is 2. The van der Waals surface area contributed by atoms with E-state index in [1.54, 1.807) is 25.7 Å². The molecule has 0 bridgehead atoms. The van der Waals surface area contributed by atoms with Crippen molar-refractivity contribution < 1.29 is 19.1 Å². The minimum absolute atomic E-state index is 0.0775. The second kappa shape index (κ2) is 14.9. The van der Waals surface area contributed by atoms with Crippen LogP contribution in [0, 0.1) is 12.8 Å². The van der Waals surface area contributed by atoms with Gasteiger partial charge in [0.1, 0.15) is 17.7 Å². The first-order chi connectivity index (χ1) is 16.8. The van der Waals surface area contributed by atoms with Gasteiger partial charge >= 0.3 is 6.09 Å². The van der Waals surface area contributed by atoms with Crippen LogP contribution < -0.4 is 10.6 Å². The minimum atomic E-state index is -0.825. The van der Waals surface area contributed by atoms with E-state index in [0.717, 1.165) is 43.2 Å². The Hall–Kier alpha value is -2.57. The van der Waals surface area contributed by atoms with Crippen LogP contribution in [0.25, 0.3) is 0 Å². The fraction of sp³-hybridized carbons (Fsp3) is 0.690. The maximum atomic E-state index is 14.1. The number of aryl methyl sites for hydroxylation is 1. The zero-order valence-electron chi connectivity index (χ0n) is 23.9. The molecule has 2 unspecified atom stereocenters. The molecule has 0 saturated carbocycles. The van der Waals surface area contributed by atoms with Gasteiger partial charge in [-0.2, -0.15) is 0 Å². The van der Waals surface area contributed by atoms with Crippen molar-refractivity contribution in [3.05, 3.63) is 35.4 Å². The molecule has 1 aromatic carbocycles. The van der Waals surface area contributed by atoms with Crippen LogP contribution in [0.15, 0.2) is 24.3 Å². The van der Waals surface area contributed by atoms with Crippen molar-refractivity contribution in [1.29, 1.82) is 0 Å². The van der Waals surface area contributed by atoms with Gasteiger partial charge in [0.15, 0.2) is 0 Å². The largest absolute Gasteiger partial charge is 0.444 e. The molecule has 0 saturated heterocycles. The minimum Gasteiger partial charge on any atom is -0.444 e. The number of amides is 3. The predicted molar refractivity (Wildman–Crippen MR) is 146 cm³/mol. The van der Waals surface area contributed by atoms with Crippen LogP contribution in [0.2, 0.25) is 0 Å². The summed E-state index contributed by atoms with van der Waals surface area (Å²) in [4.78, 5) is 42.0. The second-order valence-corrected chi connectivity index (χ2v) is 11.2. The summed E-state index contributed by atoms with van der Waals surface area (Å²) in [7, 11) is 0. The van der Waals surface area contributed by atoms with Gasteiger partial charge < -0.3 is 20.3 Å². The highest BCUT2D eigenvalue weighted by Crippen LogP contribution is 2.27. The molecule has 0 spiro atoms. The predicted octanol–water partition coefficient (Wildman–Crippen LogP) is 5.91. The SMILES string of the molecule is CCCCCCCN(C(=O)C(NC(=O)OC(C)(C)C)C(C)C)C(C(=O)NC(C)C)c1ccccc1C. The van der Waals surface area contributed by atoms with Gasteiger partial charge in [-0.25, -0.2) is 4.79 Å². The fourth-order valence-corrected chi connectivity index (χ4v) is 4.09. The van der Waals surface area contributed by atoms with E-state index in [1.165, 1.54) is 0 Å². The van der Waals surface area contributed by atoms with Crippen molar-refractivity contribution in [3.8, 4) is 0 Å². The van der Waals surface area contributed by atoms with E-state index >= 15 is 0 Å². The van der Waals surface area contributed by atoms with Gasteiger partial charge in [-0.15, -0.1) is 0 Å². The van der Waals surface area contributed by atoms with E-state index in [2.05, 4.69) is 17.6 Å². The van der Waals surface area contributed by atoms with Crippen molar-refractivity contribution in [2.45, 2.75) is 118 Å². The summed E-state index contributed by atoms with van der Waals surface area (Å²) in [5, 5.41) is 5.79. The molecule has 0 aliphatic rings. The van der Waals surface area contributed by atoms with Crippen molar-refractivity contribution in [2.24, 2.45) is 5.92 Å². The molecule has 0 radical (unpaired) electrons. The van der Waals surface area contributed by atoms with Crippen molar-refractivity contribution in [3.63, 3.8) is 0 Å². The summed E-state index contributed by atoms with van der Waals surface area (Å²) in [5.74, 6) is -0.696. The summed E-state index contributed by atoms with van der Waals surface area (Å²) >= 11 is 0. The number of carbonyl (C=O) groups excluding carboxylic acids is 3. The van der Waals surface area contributed by atoms with Gasteiger partial charge in [-0.05, 0) is 65.0 Å². The Labute approximate surface area is 218 Å². The number of nitrogens with zero attached hydrogens (tertiary/aromatic N) is 1. The molecule has 1 rings (SSSR count). The van der Waals surface area contributed by atoms with Gasteiger partial charge in [0.2, 0.25) is 11.8 Å². The normalized spacial score (nSPS) is 13.3. The number of unbranched alkanes of at least 4 members (excludes halogenated alkanes) is 4. The number of hydrogen-bond acceptors (Lipinski definition) is 4. The van der Waals surface area contributed by atoms with Crippen molar-refractivity contribution in [2.75, 3.05) is 6.54 Å². The first-order valence-corrected chi connectivity index (χ1v) is 13.4. The highest BCUT2D eigenvalue weighted by atomic mass is 16.6. The lowest BCUT2D eigenvalue weighted by Crippen LogP contribution is -2.55. The molecule has 2 atom stereocenters. The monoisotopic (exact) mass is 503 g/mol. The van der Waals surface area contributed by atoms with E-state index < -0.39 is 23.8 Å². The van der Waals surface area contributed by atoms with Crippen LogP contribution in [-0.2, 0) is 14.3 Å². The Balaban J connectivity index is 3.43. The Kier molecular flexibility index (Phi) is 13.0. The van der Waals surface area contributed by atoms with Crippen molar-refractivity contribution in [1.82, 2.24) is 15.5 Å². The van der Waals surface area contributed by atoms with Gasteiger partial charge in [0, 0.05) is 12.6 Å². The van der Waals surface area contributed by atoms with Crippen LogP contribution in [0.5, 0.6) is 0 Å². The maximum Gasteiger partial charge on any atom is 0.408 e. The van der Waals surface area contributed by atoms with Gasteiger partial charge in [-0.1, -0.05) is 70.7 Å². The summed E-state index contributed by atoms with van der Waals surface area (Å²) in [6.07, 6.45) is 4.45. The Bertz CT molecular complexity index is 845. The highest BCUT2D eigenvalue weighted by Gasteiger charge is 2.37. The number of benzene rings is 1. The lowest BCUT2D eigenvalue weighted by molar-refractivity contribution is -0.143. The summed E-state index contributed by atoms with van der Waals surface area (Å²) in [6.45, 7) is 17.5. The Morgan fingerprint density at radius 3 is 2.08 bits per heavy atom. The van der Waals surface area contributed by atoms with Crippen LogP contribution >= 0.6 is 0 Å². The van der Waals surface area contributed by atoms with Gasteiger partial charge in [0.25, 0.3) is 0 Å². The molecular weight excluding hydrogens is 454 g/mol. The topological polar surface area (TPSA) is 87.7 Å². The number of carbonyl (C=O) groups is 3. The highest BCUT2D eigenvalue weighted by molar-refractivity contribution is 5.92. The van der Waals surface area contributed by atoms with E-state index in [9.17, 15) is 14.4 Å². The number of alkyl carbamates (subject to hydrolysis) is 1. The zero-order chi connectivity index (χ0) is 27.5. The smallest absolute Gasteiger partial charge is 0.408 e. The molecule has 7 heteroatoms. The summed E-state index contributed by atoms with van der Waals surface area (Å²) in [6, 6.07) is 5.97. The summed E-state index contributed by atoms with van der Waals surface area (Å²) in [5.41, 5.74) is 1.04. The fourth-order valence-electron chi connectivity index (χ4n) is 4.09. The van der Waals surface area contributed by atoms with Gasteiger partial charge in [0.05, 0.1) is 0 Å². The van der Waals surface area contributed by atoms with Crippen molar-refractivity contribution >= 4 is 17.9 Å². The molecule has 0 aliphatic heterocycles. The Morgan fingerprint density at radius 2 is 1.56 bits per heavy atom. The van der Waals surface area contributed by atoms with E-state index in [-0.39, 0.29) is 23.8 Å². The molecule has 0 fully saturated rings. The number of rotatable bonds is 13. The molecule has 0 aliphatic carbocycles. The lowest BCUT2D eigenvalue weighted by Gasteiger charge is -2.36. The molecule has 204 valence electrons. The van der Waals surface area contributed by atoms with E-state index in [0.29, 0.717) is 6.54 Å². The molecule has 3 amide bonds. The Morgan fingerprint density at radius 1 is 0.944 bits per heavy atom.